The molecular weight excluding hydrogens is 304 g/mol. The molecule has 1 aliphatic carbocycles. The van der Waals surface area contributed by atoms with E-state index in [1.165, 1.54) is 0 Å². The first kappa shape index (κ1) is 16.6. The van der Waals surface area contributed by atoms with Gasteiger partial charge in [-0.2, -0.15) is 0 Å². The van der Waals surface area contributed by atoms with E-state index in [9.17, 15) is 9.59 Å². The van der Waals surface area contributed by atoms with Crippen LogP contribution in [-0.4, -0.2) is 42.1 Å². The zero-order chi connectivity index (χ0) is 17.3. The summed E-state index contributed by atoms with van der Waals surface area (Å²) < 4.78 is 5.50. The number of carbonyl (C=O) groups is 2. The largest absolute Gasteiger partial charge is 0.444 e. The maximum Gasteiger partial charge on any atom is 0.410 e. The molecule has 2 atom stereocenters. The Morgan fingerprint density at radius 1 is 1.17 bits per heavy atom. The van der Waals surface area contributed by atoms with Crippen LogP contribution in [-0.2, 0) is 9.53 Å². The van der Waals surface area contributed by atoms with E-state index < -0.39 is 5.60 Å². The van der Waals surface area contributed by atoms with E-state index in [1.807, 2.05) is 57.2 Å². The van der Waals surface area contributed by atoms with Gasteiger partial charge >= 0.3 is 6.09 Å². The van der Waals surface area contributed by atoms with Crippen molar-refractivity contribution in [1.29, 1.82) is 0 Å². The highest BCUT2D eigenvalue weighted by atomic mass is 16.6. The Bertz CT molecular complexity index is 665. The summed E-state index contributed by atoms with van der Waals surface area (Å²) in [7, 11) is 0. The fourth-order valence-corrected chi connectivity index (χ4v) is 3.38. The number of ether oxygens (including phenoxy) is 1. The first-order chi connectivity index (χ1) is 11.3. The van der Waals surface area contributed by atoms with Gasteiger partial charge in [0, 0.05) is 37.0 Å². The third-order valence-corrected chi connectivity index (χ3v) is 4.44. The van der Waals surface area contributed by atoms with E-state index in [0.29, 0.717) is 25.2 Å². The lowest BCUT2D eigenvalue weighted by Gasteiger charge is -2.24. The molecule has 0 aromatic rings. The first-order valence-corrected chi connectivity index (χ1v) is 8.37. The Kier molecular flexibility index (Phi) is 4.35. The van der Waals surface area contributed by atoms with Gasteiger partial charge in [-0.15, -0.1) is 0 Å². The maximum absolute atomic E-state index is 12.4. The normalized spacial score (nSPS) is 26.3. The summed E-state index contributed by atoms with van der Waals surface area (Å²) in [6.07, 6.45) is 11.2. The molecule has 0 spiro atoms. The highest BCUT2D eigenvalue weighted by molar-refractivity contribution is 5.98. The summed E-state index contributed by atoms with van der Waals surface area (Å²) in [5.41, 5.74) is 1.18. The second kappa shape index (κ2) is 6.30. The molecule has 128 valence electrons. The molecule has 3 rings (SSSR count). The fraction of sp³-hybridized carbons (Fsp3) is 0.474. The van der Waals surface area contributed by atoms with Gasteiger partial charge in [-0.25, -0.2) is 4.79 Å². The lowest BCUT2D eigenvalue weighted by molar-refractivity contribution is -0.117. The zero-order valence-corrected chi connectivity index (χ0v) is 14.4. The Balaban J connectivity index is 1.87. The first-order valence-electron chi connectivity index (χ1n) is 8.37. The number of amides is 2. The molecule has 24 heavy (non-hydrogen) atoms. The fourth-order valence-electron chi connectivity index (χ4n) is 3.38. The van der Waals surface area contributed by atoms with Crippen LogP contribution in [0.1, 0.15) is 20.8 Å². The standard InChI is InChI=1S/C19H24N2O3/c1-19(2,3)24-18(23)21-11-13-10-20-17(22)15-9-7-5-4-6-8-14(15)16(13)12-21/h4-9,13,16H,10-12H2,1-3H3,(H,20,22). The van der Waals surface area contributed by atoms with Gasteiger partial charge in [0.1, 0.15) is 5.60 Å². The van der Waals surface area contributed by atoms with Gasteiger partial charge in [0.05, 0.1) is 0 Å². The molecule has 0 saturated carbocycles. The molecule has 0 aromatic heterocycles. The molecule has 1 N–H and O–H groups in total. The molecular formula is C19H24N2O3. The number of nitrogens with zero attached hydrogens (tertiary/aromatic N) is 1. The monoisotopic (exact) mass is 328 g/mol. The maximum atomic E-state index is 12.4. The van der Waals surface area contributed by atoms with Gasteiger partial charge in [0.25, 0.3) is 5.91 Å². The van der Waals surface area contributed by atoms with Crippen LogP contribution in [0.2, 0.25) is 0 Å². The minimum absolute atomic E-state index is 0.0422. The number of fused-ring (bicyclic) bond motifs is 2. The van der Waals surface area contributed by atoms with Crippen molar-refractivity contribution in [1.82, 2.24) is 10.2 Å². The smallest absolute Gasteiger partial charge is 0.410 e. The number of rotatable bonds is 0. The Morgan fingerprint density at radius 2 is 1.88 bits per heavy atom. The van der Waals surface area contributed by atoms with Gasteiger partial charge in [0.15, 0.2) is 0 Å². The van der Waals surface area contributed by atoms with Gasteiger partial charge in [-0.05, 0) is 32.4 Å². The third-order valence-electron chi connectivity index (χ3n) is 4.44. The van der Waals surface area contributed by atoms with Crippen LogP contribution in [0.25, 0.3) is 0 Å². The van der Waals surface area contributed by atoms with Gasteiger partial charge in [-0.3, -0.25) is 4.79 Å². The number of carbonyl (C=O) groups excluding carboxylic acids is 2. The van der Waals surface area contributed by atoms with E-state index in [1.54, 1.807) is 4.90 Å². The average Bonchev–Trinajstić information content (AvgIpc) is 2.82. The number of hydrogen-bond acceptors (Lipinski definition) is 3. The van der Waals surface area contributed by atoms with Gasteiger partial charge in [-0.1, -0.05) is 30.4 Å². The Hall–Kier alpha value is -2.30. The Labute approximate surface area is 142 Å². The lowest BCUT2D eigenvalue weighted by Crippen LogP contribution is -2.36. The minimum Gasteiger partial charge on any atom is -0.444 e. The highest BCUT2D eigenvalue weighted by Crippen LogP contribution is 2.35. The van der Waals surface area contributed by atoms with Crippen LogP contribution in [0.5, 0.6) is 0 Å². The number of likely N-dealkylation sites (tertiary alicyclic amines) is 1. The van der Waals surface area contributed by atoms with Gasteiger partial charge < -0.3 is 15.0 Å². The quantitative estimate of drug-likeness (QED) is 0.743. The van der Waals surface area contributed by atoms with Crippen LogP contribution in [0.3, 0.4) is 0 Å². The molecule has 1 saturated heterocycles. The number of nitrogens with one attached hydrogen (secondary N) is 1. The van der Waals surface area contributed by atoms with Crippen molar-refractivity contribution in [3.05, 3.63) is 47.6 Å². The second-order valence-corrected chi connectivity index (χ2v) is 7.43. The zero-order valence-electron chi connectivity index (χ0n) is 14.4. The van der Waals surface area contributed by atoms with E-state index in [2.05, 4.69) is 5.32 Å². The van der Waals surface area contributed by atoms with Crippen LogP contribution in [0, 0.1) is 11.8 Å². The minimum atomic E-state index is -0.506. The van der Waals surface area contributed by atoms with Crippen molar-refractivity contribution >= 4 is 12.0 Å². The topological polar surface area (TPSA) is 58.6 Å². The SMILES string of the molecule is CC(C)(C)OC(=O)N1CC2CNC(=O)C3=C(C=CC=CC=C3)C2C1. The number of hydrogen-bond donors (Lipinski definition) is 1. The second-order valence-electron chi connectivity index (χ2n) is 7.43. The van der Waals surface area contributed by atoms with Crippen molar-refractivity contribution in [2.75, 3.05) is 19.6 Å². The number of allylic oxidation sites excluding steroid dienone is 5. The van der Waals surface area contributed by atoms with Crippen molar-refractivity contribution < 1.29 is 14.3 Å². The molecule has 2 aliphatic heterocycles. The van der Waals surface area contributed by atoms with E-state index in [0.717, 1.165) is 5.57 Å². The third kappa shape index (κ3) is 3.45. The molecule has 0 bridgehead atoms. The lowest BCUT2D eigenvalue weighted by atomic mass is 9.86. The summed E-state index contributed by atoms with van der Waals surface area (Å²) in [4.78, 5) is 26.5. The highest BCUT2D eigenvalue weighted by Gasteiger charge is 2.41. The summed E-state index contributed by atoms with van der Waals surface area (Å²) in [6, 6.07) is 0. The molecule has 3 aliphatic rings. The molecule has 0 aromatic carbocycles. The van der Waals surface area contributed by atoms with E-state index in [4.69, 9.17) is 4.74 Å². The summed E-state index contributed by atoms with van der Waals surface area (Å²) >= 11 is 0. The molecule has 5 nitrogen and oxygen atoms in total. The summed E-state index contributed by atoms with van der Waals surface area (Å²) in [5.74, 6) is 0.300. The molecule has 0 radical (unpaired) electrons. The Morgan fingerprint density at radius 3 is 2.58 bits per heavy atom. The van der Waals surface area contributed by atoms with Crippen LogP contribution < -0.4 is 5.32 Å². The molecule has 2 amide bonds. The molecule has 2 unspecified atom stereocenters. The van der Waals surface area contributed by atoms with Crippen LogP contribution in [0.4, 0.5) is 4.79 Å². The predicted molar refractivity (Wildman–Crippen MR) is 92.2 cm³/mol. The van der Waals surface area contributed by atoms with Crippen LogP contribution in [0.15, 0.2) is 47.6 Å². The summed E-state index contributed by atoms with van der Waals surface area (Å²) in [6.45, 7) is 7.36. The van der Waals surface area contributed by atoms with Gasteiger partial charge in [0.2, 0.25) is 0 Å². The molecule has 5 heteroatoms. The van der Waals surface area contributed by atoms with E-state index in [-0.39, 0.29) is 23.8 Å². The van der Waals surface area contributed by atoms with E-state index >= 15 is 0 Å². The average molecular weight is 328 g/mol. The molecule has 1 fully saturated rings. The van der Waals surface area contributed by atoms with Crippen molar-refractivity contribution in [3.63, 3.8) is 0 Å². The molecule has 2 heterocycles. The van der Waals surface area contributed by atoms with Crippen LogP contribution >= 0.6 is 0 Å². The predicted octanol–water partition coefficient (Wildman–Crippen LogP) is 2.58. The van der Waals surface area contributed by atoms with Crippen molar-refractivity contribution in [2.45, 2.75) is 26.4 Å². The summed E-state index contributed by atoms with van der Waals surface area (Å²) in [5, 5.41) is 2.99. The van der Waals surface area contributed by atoms with Crippen molar-refractivity contribution in [3.8, 4) is 0 Å². The van der Waals surface area contributed by atoms with Crippen molar-refractivity contribution in [2.24, 2.45) is 11.8 Å².